The maximum absolute atomic E-state index is 12.1. The van der Waals surface area contributed by atoms with Gasteiger partial charge in [-0.2, -0.15) is 0 Å². The summed E-state index contributed by atoms with van der Waals surface area (Å²) in [6.45, 7) is 3.78. The van der Waals surface area contributed by atoms with E-state index in [9.17, 15) is 9.00 Å². The summed E-state index contributed by atoms with van der Waals surface area (Å²) in [5.41, 5.74) is 0. The lowest BCUT2D eigenvalue weighted by Crippen LogP contribution is -2.49. The van der Waals surface area contributed by atoms with Crippen LogP contribution in [0.3, 0.4) is 0 Å². The van der Waals surface area contributed by atoms with Gasteiger partial charge in [0.25, 0.3) is 0 Å². The molecule has 2 fully saturated rings. The van der Waals surface area contributed by atoms with Crippen LogP contribution in [-0.4, -0.2) is 51.7 Å². The minimum Gasteiger partial charge on any atom is -0.341 e. The zero-order chi connectivity index (χ0) is 12.3. The van der Waals surface area contributed by atoms with Crippen LogP contribution in [0.15, 0.2) is 0 Å². The number of likely N-dealkylation sites (tertiary alicyclic amines) is 1. The smallest absolute Gasteiger partial charge is 0.239 e. The average Bonchev–Trinajstić information content (AvgIpc) is 2.84. The van der Waals surface area contributed by atoms with E-state index in [2.05, 4.69) is 5.32 Å². The zero-order valence-corrected chi connectivity index (χ0v) is 11.3. The second kappa shape index (κ2) is 5.96. The lowest BCUT2D eigenvalue weighted by atomic mass is 10.1. The number of carbonyl (C=O) groups excluding carboxylic acids is 1. The largest absolute Gasteiger partial charge is 0.341 e. The van der Waals surface area contributed by atoms with Gasteiger partial charge in [-0.05, 0) is 32.6 Å². The SMILES string of the molecule is CC(NC1CCS(=O)CC1)C(=O)N1CCCC1. The Labute approximate surface area is 106 Å². The predicted molar refractivity (Wildman–Crippen MR) is 69.3 cm³/mol. The van der Waals surface area contributed by atoms with Gasteiger partial charge in [0.1, 0.15) is 0 Å². The van der Waals surface area contributed by atoms with Gasteiger partial charge in [-0.25, -0.2) is 0 Å². The molecule has 5 heteroatoms. The summed E-state index contributed by atoms with van der Waals surface area (Å²) in [4.78, 5) is 14.0. The van der Waals surface area contributed by atoms with Gasteiger partial charge in [0.05, 0.1) is 6.04 Å². The highest BCUT2D eigenvalue weighted by atomic mass is 32.2. The first-order chi connectivity index (χ1) is 8.16. The van der Waals surface area contributed by atoms with Crippen LogP contribution in [0.25, 0.3) is 0 Å². The summed E-state index contributed by atoms with van der Waals surface area (Å²) in [6.07, 6.45) is 4.15. The topological polar surface area (TPSA) is 49.4 Å². The van der Waals surface area contributed by atoms with E-state index < -0.39 is 10.8 Å². The van der Waals surface area contributed by atoms with Crippen molar-refractivity contribution in [1.29, 1.82) is 0 Å². The number of amides is 1. The molecule has 0 aromatic carbocycles. The molecule has 2 heterocycles. The molecule has 17 heavy (non-hydrogen) atoms. The Kier molecular flexibility index (Phi) is 4.56. The fourth-order valence-electron chi connectivity index (χ4n) is 2.60. The first-order valence-corrected chi connectivity index (χ1v) is 8.05. The van der Waals surface area contributed by atoms with Gasteiger partial charge in [-0.1, -0.05) is 0 Å². The van der Waals surface area contributed by atoms with Gasteiger partial charge in [0.15, 0.2) is 0 Å². The first kappa shape index (κ1) is 13.0. The third-order valence-corrected chi connectivity index (χ3v) is 5.04. The molecule has 0 aliphatic carbocycles. The van der Waals surface area contributed by atoms with E-state index in [0.29, 0.717) is 6.04 Å². The van der Waals surface area contributed by atoms with Gasteiger partial charge in [-0.3, -0.25) is 9.00 Å². The number of nitrogens with zero attached hydrogens (tertiary/aromatic N) is 1. The lowest BCUT2D eigenvalue weighted by Gasteiger charge is -2.28. The Morgan fingerprint density at radius 1 is 1.29 bits per heavy atom. The molecule has 2 aliphatic rings. The molecule has 2 saturated heterocycles. The third kappa shape index (κ3) is 3.52. The van der Waals surface area contributed by atoms with E-state index >= 15 is 0 Å². The average molecular weight is 258 g/mol. The zero-order valence-electron chi connectivity index (χ0n) is 10.5. The second-order valence-corrected chi connectivity index (χ2v) is 6.74. The van der Waals surface area contributed by atoms with E-state index in [0.717, 1.165) is 50.3 Å². The molecule has 0 aromatic heterocycles. The Balaban J connectivity index is 1.77. The summed E-state index contributed by atoms with van der Waals surface area (Å²) >= 11 is 0. The highest BCUT2D eigenvalue weighted by Gasteiger charge is 2.26. The Hall–Kier alpha value is -0.420. The molecule has 2 aliphatic heterocycles. The molecule has 1 amide bonds. The monoisotopic (exact) mass is 258 g/mol. The quantitative estimate of drug-likeness (QED) is 0.802. The van der Waals surface area contributed by atoms with Crippen molar-refractivity contribution >= 4 is 16.7 Å². The summed E-state index contributed by atoms with van der Waals surface area (Å²) in [6, 6.07) is 0.277. The Bertz CT molecular complexity index is 293. The Morgan fingerprint density at radius 2 is 1.88 bits per heavy atom. The normalized spacial score (nSPS) is 31.5. The van der Waals surface area contributed by atoms with Gasteiger partial charge in [0.2, 0.25) is 5.91 Å². The van der Waals surface area contributed by atoms with Crippen LogP contribution < -0.4 is 5.32 Å². The van der Waals surface area contributed by atoms with Gasteiger partial charge in [0, 0.05) is 41.4 Å². The van der Waals surface area contributed by atoms with E-state index in [1.54, 1.807) is 0 Å². The molecule has 0 saturated carbocycles. The van der Waals surface area contributed by atoms with Gasteiger partial charge in [-0.15, -0.1) is 0 Å². The summed E-state index contributed by atoms with van der Waals surface area (Å²) < 4.78 is 11.2. The standard InChI is InChI=1S/C12H22N2O2S/c1-10(12(15)14-6-2-3-7-14)13-11-4-8-17(16)9-5-11/h10-11,13H,2-9H2,1H3. The third-order valence-electron chi connectivity index (χ3n) is 3.66. The van der Waals surface area contributed by atoms with Crippen molar-refractivity contribution in [1.82, 2.24) is 10.2 Å². The van der Waals surface area contributed by atoms with Gasteiger partial charge >= 0.3 is 0 Å². The van der Waals surface area contributed by atoms with Gasteiger partial charge < -0.3 is 10.2 Å². The van der Waals surface area contributed by atoms with Crippen LogP contribution >= 0.6 is 0 Å². The molecule has 0 spiro atoms. The first-order valence-electron chi connectivity index (χ1n) is 6.56. The molecule has 0 aromatic rings. The fraction of sp³-hybridized carbons (Fsp3) is 0.917. The highest BCUT2D eigenvalue weighted by molar-refractivity contribution is 7.85. The summed E-state index contributed by atoms with van der Waals surface area (Å²) in [7, 11) is -0.624. The van der Waals surface area contributed by atoms with Crippen molar-refractivity contribution in [3.05, 3.63) is 0 Å². The molecule has 0 bridgehead atoms. The van der Waals surface area contributed by atoms with Crippen molar-refractivity contribution in [2.45, 2.75) is 44.7 Å². The maximum Gasteiger partial charge on any atom is 0.239 e. The van der Waals surface area contributed by atoms with Crippen molar-refractivity contribution < 1.29 is 9.00 Å². The number of nitrogens with one attached hydrogen (secondary N) is 1. The van der Waals surface area contributed by atoms with Crippen molar-refractivity contribution in [2.75, 3.05) is 24.6 Å². The molecule has 1 atom stereocenters. The van der Waals surface area contributed by atoms with Crippen LogP contribution in [0.2, 0.25) is 0 Å². The van der Waals surface area contributed by atoms with Crippen LogP contribution in [0.4, 0.5) is 0 Å². The summed E-state index contributed by atoms with van der Waals surface area (Å²) in [5.74, 6) is 1.79. The molecule has 98 valence electrons. The van der Waals surface area contributed by atoms with E-state index in [-0.39, 0.29) is 11.9 Å². The number of rotatable bonds is 3. The van der Waals surface area contributed by atoms with Crippen molar-refractivity contribution in [3.63, 3.8) is 0 Å². The van der Waals surface area contributed by atoms with E-state index in [1.807, 2.05) is 11.8 Å². The number of hydrogen-bond acceptors (Lipinski definition) is 3. The van der Waals surface area contributed by atoms with Crippen LogP contribution in [0.1, 0.15) is 32.6 Å². The fourth-order valence-corrected chi connectivity index (χ4v) is 3.90. The number of carbonyl (C=O) groups is 1. The van der Waals surface area contributed by atoms with Crippen LogP contribution in [-0.2, 0) is 15.6 Å². The molecule has 1 unspecified atom stereocenters. The highest BCUT2D eigenvalue weighted by Crippen LogP contribution is 2.12. The van der Waals surface area contributed by atoms with Crippen molar-refractivity contribution in [3.8, 4) is 0 Å². The van der Waals surface area contributed by atoms with Crippen LogP contribution in [0.5, 0.6) is 0 Å². The lowest BCUT2D eigenvalue weighted by molar-refractivity contribution is -0.132. The van der Waals surface area contributed by atoms with E-state index in [1.165, 1.54) is 0 Å². The van der Waals surface area contributed by atoms with E-state index in [4.69, 9.17) is 0 Å². The molecule has 0 radical (unpaired) electrons. The molecule has 2 rings (SSSR count). The molecule has 1 N–H and O–H groups in total. The predicted octanol–water partition coefficient (Wildman–Crippen LogP) is 0.498. The summed E-state index contributed by atoms with van der Waals surface area (Å²) in [5, 5.41) is 3.39. The molecule has 4 nitrogen and oxygen atoms in total. The Morgan fingerprint density at radius 3 is 2.47 bits per heavy atom. The molecular weight excluding hydrogens is 236 g/mol. The minimum absolute atomic E-state index is 0.0929. The number of hydrogen-bond donors (Lipinski definition) is 1. The molecular formula is C12H22N2O2S. The maximum atomic E-state index is 12.1. The minimum atomic E-state index is -0.624. The second-order valence-electron chi connectivity index (χ2n) is 5.04. The van der Waals surface area contributed by atoms with Crippen LogP contribution in [0, 0.1) is 0 Å². The van der Waals surface area contributed by atoms with Crippen molar-refractivity contribution in [2.24, 2.45) is 0 Å².